The van der Waals surface area contributed by atoms with E-state index >= 15 is 0 Å². The lowest BCUT2D eigenvalue weighted by Gasteiger charge is -2.64. The van der Waals surface area contributed by atoms with Crippen molar-refractivity contribution < 1.29 is 23.8 Å². The van der Waals surface area contributed by atoms with Crippen molar-refractivity contribution in [1.82, 2.24) is 9.80 Å². The molecule has 5 atom stereocenters. The summed E-state index contributed by atoms with van der Waals surface area (Å²) in [4.78, 5) is 32.5. The SMILES string of the molecule is COC1CCN2CC34CC5(C(=O)Nc6c5ccc5c6OC=CC(C)(C)O5)C(C)(C)C3CC12C(=O)N4C. The van der Waals surface area contributed by atoms with Crippen molar-refractivity contribution in [3.63, 3.8) is 0 Å². The van der Waals surface area contributed by atoms with Crippen LogP contribution in [0.3, 0.4) is 0 Å². The number of amides is 2. The van der Waals surface area contributed by atoms with Crippen molar-refractivity contribution in [3.05, 3.63) is 30.0 Å². The molecule has 2 bridgehead atoms. The van der Waals surface area contributed by atoms with Crippen LogP contribution in [0.25, 0.3) is 0 Å². The molecule has 1 aromatic carbocycles. The molecule has 1 saturated carbocycles. The van der Waals surface area contributed by atoms with E-state index in [4.69, 9.17) is 14.2 Å². The highest BCUT2D eigenvalue weighted by Gasteiger charge is 2.80. The number of nitrogens with one attached hydrogen (secondary N) is 1. The summed E-state index contributed by atoms with van der Waals surface area (Å²) in [5, 5.41) is 3.21. The molecule has 3 spiro atoms. The fraction of sp³-hybridized carbons (Fsp3) is 0.643. The van der Waals surface area contributed by atoms with E-state index in [1.807, 2.05) is 44.0 Å². The Morgan fingerprint density at radius 1 is 1.17 bits per heavy atom. The number of hydrogen-bond acceptors (Lipinski definition) is 6. The van der Waals surface area contributed by atoms with Gasteiger partial charge in [-0.3, -0.25) is 14.5 Å². The number of piperazine rings is 1. The number of nitrogens with zero attached hydrogens (tertiary/aromatic N) is 2. The van der Waals surface area contributed by atoms with Gasteiger partial charge >= 0.3 is 0 Å². The summed E-state index contributed by atoms with van der Waals surface area (Å²) in [6.07, 6.45) is 5.56. The molecule has 0 radical (unpaired) electrons. The Balaban J connectivity index is 1.40. The van der Waals surface area contributed by atoms with E-state index in [-0.39, 0.29) is 23.8 Å². The third-order valence-corrected chi connectivity index (χ3v) is 10.8. The van der Waals surface area contributed by atoms with Crippen LogP contribution in [0.4, 0.5) is 5.69 Å². The van der Waals surface area contributed by atoms with Gasteiger partial charge in [0.1, 0.15) is 11.1 Å². The quantitative estimate of drug-likeness (QED) is 0.648. The van der Waals surface area contributed by atoms with Crippen molar-refractivity contribution in [2.45, 2.75) is 75.2 Å². The van der Waals surface area contributed by atoms with E-state index in [2.05, 4.69) is 24.1 Å². The second kappa shape index (κ2) is 6.45. The fourth-order valence-corrected chi connectivity index (χ4v) is 9.03. The highest BCUT2D eigenvalue weighted by Crippen LogP contribution is 2.72. The highest BCUT2D eigenvalue weighted by atomic mass is 16.5. The minimum atomic E-state index is -0.792. The van der Waals surface area contributed by atoms with E-state index in [0.717, 1.165) is 25.1 Å². The van der Waals surface area contributed by atoms with Crippen LogP contribution in [0.2, 0.25) is 0 Å². The third-order valence-electron chi connectivity index (χ3n) is 10.8. The van der Waals surface area contributed by atoms with Crippen molar-refractivity contribution in [2.75, 3.05) is 32.6 Å². The van der Waals surface area contributed by atoms with Crippen LogP contribution >= 0.6 is 0 Å². The van der Waals surface area contributed by atoms with Gasteiger partial charge in [0.25, 0.3) is 0 Å². The maximum Gasteiger partial charge on any atom is 0.246 e. The van der Waals surface area contributed by atoms with Gasteiger partial charge in [0.05, 0.1) is 29.0 Å². The van der Waals surface area contributed by atoms with Crippen LogP contribution < -0.4 is 14.8 Å². The lowest BCUT2D eigenvalue weighted by molar-refractivity contribution is -0.196. The number of benzene rings is 1. The molecule has 0 aromatic heterocycles. The maximum atomic E-state index is 14.2. The number of carbonyl (C=O) groups excluding carboxylic acids is 2. The Morgan fingerprint density at radius 3 is 2.69 bits per heavy atom. The average molecular weight is 494 g/mol. The molecular formula is C28H35N3O5. The first-order valence-electron chi connectivity index (χ1n) is 13.0. The van der Waals surface area contributed by atoms with Crippen LogP contribution in [0, 0.1) is 11.3 Å². The zero-order valence-corrected chi connectivity index (χ0v) is 21.9. The molecule has 192 valence electrons. The van der Waals surface area contributed by atoms with E-state index in [1.54, 1.807) is 13.4 Å². The first-order valence-corrected chi connectivity index (χ1v) is 13.0. The molecule has 4 saturated heterocycles. The zero-order valence-electron chi connectivity index (χ0n) is 21.9. The molecule has 6 aliphatic heterocycles. The lowest BCUT2D eigenvalue weighted by Crippen LogP contribution is -2.80. The number of piperidine rings is 2. The predicted molar refractivity (Wildman–Crippen MR) is 133 cm³/mol. The van der Waals surface area contributed by atoms with Crippen molar-refractivity contribution in [2.24, 2.45) is 11.3 Å². The topological polar surface area (TPSA) is 80.3 Å². The summed E-state index contributed by atoms with van der Waals surface area (Å²) >= 11 is 0. The summed E-state index contributed by atoms with van der Waals surface area (Å²) in [6.45, 7) is 10.0. The molecule has 8 nitrogen and oxygen atoms in total. The van der Waals surface area contributed by atoms with Crippen molar-refractivity contribution in [3.8, 4) is 11.5 Å². The van der Waals surface area contributed by atoms with E-state index in [0.29, 0.717) is 30.0 Å². The molecule has 5 fully saturated rings. The van der Waals surface area contributed by atoms with Crippen LogP contribution in [0.5, 0.6) is 11.5 Å². The molecule has 7 aliphatic rings. The van der Waals surface area contributed by atoms with Gasteiger partial charge in [-0.15, -0.1) is 0 Å². The first-order chi connectivity index (χ1) is 16.9. The number of fused-ring (bicyclic) bond motifs is 5. The Labute approximate surface area is 211 Å². The molecule has 8 heteroatoms. The summed E-state index contributed by atoms with van der Waals surface area (Å²) < 4.78 is 18.2. The van der Waals surface area contributed by atoms with Gasteiger partial charge in [0.15, 0.2) is 11.5 Å². The van der Waals surface area contributed by atoms with Crippen molar-refractivity contribution >= 4 is 17.5 Å². The molecule has 1 N–H and O–H groups in total. The van der Waals surface area contributed by atoms with Crippen LogP contribution in [0.1, 0.15) is 52.5 Å². The number of carbonyl (C=O) groups is 2. The molecular weight excluding hydrogens is 458 g/mol. The van der Waals surface area contributed by atoms with Crippen LogP contribution in [-0.4, -0.2) is 71.6 Å². The first kappa shape index (κ1) is 22.6. The number of anilines is 1. The number of rotatable bonds is 1. The highest BCUT2D eigenvalue weighted by molar-refractivity contribution is 6.09. The standard InChI is InChI=1S/C28H35N3O5/c1-24(2)10-12-35-21-17(36-24)8-7-16-20(21)29-22(32)27(16)14-26-15-31-11-9-19(34-6)28(31,23(33)30(26)5)13-18(26)25(27,3)4/h7-8,10,12,18-19H,9,11,13-15H2,1-6H3,(H,29,32). The van der Waals surface area contributed by atoms with Crippen LogP contribution in [0.15, 0.2) is 24.5 Å². The Hall–Kier alpha value is -2.58. The molecule has 5 unspecified atom stereocenters. The third kappa shape index (κ3) is 2.22. The minimum Gasteiger partial charge on any atom is -0.480 e. The van der Waals surface area contributed by atoms with Gasteiger partial charge in [-0.2, -0.15) is 0 Å². The average Bonchev–Trinajstić information content (AvgIpc) is 3.34. The molecule has 1 aliphatic carbocycles. The van der Waals surface area contributed by atoms with E-state index in [9.17, 15) is 9.59 Å². The van der Waals surface area contributed by atoms with Crippen LogP contribution in [-0.2, 0) is 19.7 Å². The fourth-order valence-electron chi connectivity index (χ4n) is 9.03. The summed E-state index contributed by atoms with van der Waals surface area (Å²) in [6, 6.07) is 3.98. The molecule has 6 heterocycles. The predicted octanol–water partition coefficient (Wildman–Crippen LogP) is 3.06. The molecule has 8 rings (SSSR count). The molecule has 36 heavy (non-hydrogen) atoms. The monoisotopic (exact) mass is 493 g/mol. The summed E-state index contributed by atoms with van der Waals surface area (Å²) in [5.41, 5.74) is -1.15. The van der Waals surface area contributed by atoms with Gasteiger partial charge in [-0.1, -0.05) is 19.9 Å². The maximum absolute atomic E-state index is 14.2. The number of likely N-dealkylation sites (N-methyl/N-ethyl adjacent to an activating group) is 1. The minimum absolute atomic E-state index is 0.0130. The smallest absolute Gasteiger partial charge is 0.246 e. The summed E-state index contributed by atoms with van der Waals surface area (Å²) in [5.74, 6) is 1.44. The lowest BCUT2D eigenvalue weighted by atomic mass is 9.57. The Morgan fingerprint density at radius 2 is 1.94 bits per heavy atom. The number of hydrogen-bond donors (Lipinski definition) is 1. The van der Waals surface area contributed by atoms with Gasteiger partial charge in [0.2, 0.25) is 11.8 Å². The molecule has 2 amide bonds. The normalized spacial score (nSPS) is 40.8. The van der Waals surface area contributed by atoms with Gasteiger partial charge in [-0.25, -0.2) is 0 Å². The summed E-state index contributed by atoms with van der Waals surface area (Å²) in [7, 11) is 3.67. The van der Waals surface area contributed by atoms with Gasteiger partial charge in [-0.05, 0) is 62.1 Å². The zero-order chi connectivity index (χ0) is 25.5. The Bertz CT molecular complexity index is 1260. The van der Waals surface area contributed by atoms with E-state index < -0.39 is 27.5 Å². The molecule has 1 aromatic rings. The largest absolute Gasteiger partial charge is 0.480 e. The van der Waals surface area contributed by atoms with Crippen molar-refractivity contribution in [1.29, 1.82) is 0 Å². The number of methoxy groups -OCH3 is 1. The Kier molecular flexibility index (Phi) is 4.05. The number of ether oxygens (including phenoxy) is 3. The van der Waals surface area contributed by atoms with E-state index in [1.165, 1.54) is 0 Å². The van der Waals surface area contributed by atoms with Gasteiger partial charge < -0.3 is 24.4 Å². The second-order valence-corrected chi connectivity index (χ2v) is 12.8. The van der Waals surface area contributed by atoms with Gasteiger partial charge in [0, 0.05) is 27.2 Å². The second-order valence-electron chi connectivity index (χ2n) is 12.8.